The minimum Gasteiger partial charge on any atom is -0.399 e. The smallest absolute Gasteiger partial charge is 0.399 e. The summed E-state index contributed by atoms with van der Waals surface area (Å²) in [6.45, 7) is 7.88. The Morgan fingerprint density at radius 1 is 0.950 bits per heavy atom. The van der Waals surface area contributed by atoms with Crippen molar-refractivity contribution in [1.82, 2.24) is 5.32 Å². The van der Waals surface area contributed by atoms with Crippen molar-refractivity contribution in [2.45, 2.75) is 38.9 Å². The van der Waals surface area contributed by atoms with E-state index in [1.807, 2.05) is 27.7 Å². The van der Waals surface area contributed by atoms with Crippen molar-refractivity contribution in [1.29, 1.82) is 0 Å². The van der Waals surface area contributed by atoms with Crippen LogP contribution in [0.1, 0.15) is 48.4 Å². The molecule has 0 unspecified atom stereocenters. The van der Waals surface area contributed by atoms with Gasteiger partial charge in [0.15, 0.2) is 0 Å². The van der Waals surface area contributed by atoms with E-state index in [1.165, 1.54) is 0 Å². The van der Waals surface area contributed by atoms with Crippen molar-refractivity contribution in [3.63, 3.8) is 0 Å². The maximum Gasteiger partial charge on any atom is 0.494 e. The lowest BCUT2D eigenvalue weighted by atomic mass is 9.78. The van der Waals surface area contributed by atoms with E-state index >= 15 is 0 Å². The zero-order chi connectivity index (χ0) is 14.7. The molecule has 2 aliphatic heterocycles. The number of nitrogens with one attached hydrogen (secondary N) is 1. The monoisotopic (exact) mass is 273 g/mol. The second-order valence-electron chi connectivity index (χ2n) is 6.18. The van der Waals surface area contributed by atoms with E-state index in [0.29, 0.717) is 11.1 Å². The van der Waals surface area contributed by atoms with Crippen molar-refractivity contribution < 1.29 is 18.9 Å². The number of fused-ring (bicyclic) bond motifs is 1. The lowest BCUT2D eigenvalue weighted by Crippen LogP contribution is -2.41. The van der Waals surface area contributed by atoms with E-state index in [4.69, 9.17) is 9.31 Å². The molecule has 0 bridgehead atoms. The topological polar surface area (TPSA) is 64.6 Å². The van der Waals surface area contributed by atoms with Crippen LogP contribution in [0.4, 0.5) is 0 Å². The Labute approximate surface area is 117 Å². The quantitative estimate of drug-likeness (QED) is 0.609. The summed E-state index contributed by atoms with van der Waals surface area (Å²) in [5, 5.41) is 2.27. The van der Waals surface area contributed by atoms with Gasteiger partial charge in [-0.2, -0.15) is 0 Å². The zero-order valence-corrected chi connectivity index (χ0v) is 11.9. The van der Waals surface area contributed by atoms with Crippen LogP contribution < -0.4 is 10.8 Å². The van der Waals surface area contributed by atoms with E-state index in [-0.39, 0.29) is 11.8 Å². The van der Waals surface area contributed by atoms with Gasteiger partial charge in [-0.25, -0.2) is 0 Å². The van der Waals surface area contributed by atoms with Gasteiger partial charge in [0.25, 0.3) is 11.8 Å². The van der Waals surface area contributed by atoms with Crippen LogP contribution in [-0.2, 0) is 9.31 Å². The molecule has 1 N–H and O–H groups in total. The predicted molar refractivity (Wildman–Crippen MR) is 74.0 cm³/mol. The predicted octanol–water partition coefficient (Wildman–Crippen LogP) is 0.869. The summed E-state index contributed by atoms with van der Waals surface area (Å²) in [5.41, 5.74) is 0.647. The van der Waals surface area contributed by atoms with E-state index in [0.717, 1.165) is 5.46 Å². The second kappa shape index (κ2) is 3.93. The lowest BCUT2D eigenvalue weighted by Gasteiger charge is -2.32. The van der Waals surface area contributed by atoms with Gasteiger partial charge in [0, 0.05) is 0 Å². The molecule has 0 spiro atoms. The molecule has 0 aliphatic carbocycles. The van der Waals surface area contributed by atoms with E-state index in [9.17, 15) is 9.59 Å². The Hall–Kier alpha value is -1.66. The van der Waals surface area contributed by atoms with Crippen molar-refractivity contribution in [3.8, 4) is 0 Å². The molecule has 0 atom stereocenters. The number of carbonyl (C=O) groups excluding carboxylic acids is 2. The molecule has 2 amide bonds. The Balaban J connectivity index is 1.96. The molecule has 0 saturated carbocycles. The van der Waals surface area contributed by atoms with Gasteiger partial charge >= 0.3 is 7.12 Å². The van der Waals surface area contributed by atoms with Crippen LogP contribution in [0.5, 0.6) is 0 Å². The van der Waals surface area contributed by atoms with Crippen LogP contribution >= 0.6 is 0 Å². The Morgan fingerprint density at radius 3 is 2.10 bits per heavy atom. The fourth-order valence-corrected chi connectivity index (χ4v) is 2.31. The van der Waals surface area contributed by atoms with Crippen LogP contribution in [0.25, 0.3) is 0 Å². The normalized spacial score (nSPS) is 22.9. The number of hydrogen-bond acceptors (Lipinski definition) is 4. The van der Waals surface area contributed by atoms with Crippen LogP contribution in [0.15, 0.2) is 18.2 Å². The van der Waals surface area contributed by atoms with Gasteiger partial charge in [-0.05, 0) is 45.3 Å². The minimum atomic E-state index is -0.534. The fraction of sp³-hybridized carbons (Fsp3) is 0.429. The van der Waals surface area contributed by atoms with Crippen LogP contribution in [0.3, 0.4) is 0 Å². The molecule has 1 fully saturated rings. The zero-order valence-electron chi connectivity index (χ0n) is 11.9. The summed E-state index contributed by atoms with van der Waals surface area (Å²) in [5.74, 6) is -0.728. The van der Waals surface area contributed by atoms with Gasteiger partial charge in [-0.1, -0.05) is 6.07 Å². The van der Waals surface area contributed by atoms with Crippen LogP contribution in [0.2, 0.25) is 0 Å². The molecule has 1 aromatic carbocycles. The average molecular weight is 273 g/mol. The molecule has 0 aromatic heterocycles. The van der Waals surface area contributed by atoms with Crippen molar-refractivity contribution in [3.05, 3.63) is 29.3 Å². The summed E-state index contributed by atoms with van der Waals surface area (Å²) < 4.78 is 11.9. The third-order valence-corrected chi connectivity index (χ3v) is 4.29. The minimum absolute atomic E-state index is 0.356. The van der Waals surface area contributed by atoms with E-state index in [1.54, 1.807) is 18.2 Å². The highest BCUT2D eigenvalue weighted by atomic mass is 16.7. The Morgan fingerprint density at radius 2 is 1.50 bits per heavy atom. The van der Waals surface area contributed by atoms with Gasteiger partial charge in [0.2, 0.25) is 0 Å². The molecule has 6 heteroatoms. The van der Waals surface area contributed by atoms with Crippen LogP contribution in [-0.4, -0.2) is 30.1 Å². The van der Waals surface area contributed by atoms with Gasteiger partial charge in [0.05, 0.1) is 22.3 Å². The number of amides is 2. The number of rotatable bonds is 1. The average Bonchev–Trinajstić information content (AvgIpc) is 2.74. The molecule has 1 saturated heterocycles. The molecule has 2 aliphatic rings. The molecular weight excluding hydrogens is 257 g/mol. The van der Waals surface area contributed by atoms with Crippen molar-refractivity contribution in [2.75, 3.05) is 0 Å². The molecule has 3 rings (SSSR count). The maximum atomic E-state index is 11.7. The van der Waals surface area contributed by atoms with Gasteiger partial charge in [-0.15, -0.1) is 0 Å². The van der Waals surface area contributed by atoms with E-state index in [2.05, 4.69) is 5.32 Å². The largest absolute Gasteiger partial charge is 0.494 e. The number of carbonyl (C=O) groups is 2. The Kier molecular flexibility index (Phi) is 2.62. The molecular formula is C14H16BNO4. The summed E-state index contributed by atoms with van der Waals surface area (Å²) in [6, 6.07) is 5.06. The second-order valence-corrected chi connectivity index (χ2v) is 6.18. The van der Waals surface area contributed by atoms with Crippen molar-refractivity contribution >= 4 is 24.4 Å². The molecule has 5 nitrogen and oxygen atoms in total. The fourth-order valence-electron chi connectivity index (χ4n) is 2.31. The first-order valence-electron chi connectivity index (χ1n) is 6.56. The highest BCUT2D eigenvalue weighted by Crippen LogP contribution is 2.36. The van der Waals surface area contributed by atoms with Crippen LogP contribution in [0, 0.1) is 0 Å². The lowest BCUT2D eigenvalue weighted by molar-refractivity contribution is 0.00578. The maximum absolute atomic E-state index is 11.7. The molecule has 20 heavy (non-hydrogen) atoms. The van der Waals surface area contributed by atoms with Crippen molar-refractivity contribution in [2.24, 2.45) is 0 Å². The Bertz CT molecular complexity index is 608. The van der Waals surface area contributed by atoms with Gasteiger partial charge < -0.3 is 9.31 Å². The first-order chi connectivity index (χ1) is 9.21. The highest BCUT2D eigenvalue weighted by Gasteiger charge is 2.51. The van der Waals surface area contributed by atoms with Gasteiger partial charge in [-0.3, -0.25) is 14.9 Å². The third kappa shape index (κ3) is 1.79. The number of benzene rings is 1. The summed E-state index contributed by atoms with van der Waals surface area (Å²) in [6.07, 6.45) is 0. The first-order valence-corrected chi connectivity index (χ1v) is 6.56. The van der Waals surface area contributed by atoms with Gasteiger partial charge in [0.1, 0.15) is 0 Å². The first kappa shape index (κ1) is 13.3. The molecule has 1 aromatic rings. The number of imide groups is 1. The van der Waals surface area contributed by atoms with E-state index < -0.39 is 18.3 Å². The SMILES string of the molecule is CC1(C)OB(c2ccc3c(c2)C(=O)NC3=O)OC1(C)C. The third-order valence-electron chi connectivity index (χ3n) is 4.29. The molecule has 2 heterocycles. The summed E-state index contributed by atoms with van der Waals surface area (Å²) in [4.78, 5) is 23.2. The highest BCUT2D eigenvalue weighted by molar-refractivity contribution is 6.62. The number of hydrogen-bond donors (Lipinski definition) is 1. The molecule has 104 valence electrons. The summed E-state index contributed by atoms with van der Waals surface area (Å²) in [7, 11) is -0.534. The summed E-state index contributed by atoms with van der Waals surface area (Å²) >= 11 is 0. The molecule has 0 radical (unpaired) electrons. The standard InChI is InChI=1S/C14H16BNO4/c1-13(2)14(3,4)20-15(19-13)8-5-6-9-10(7-8)12(18)16-11(9)17/h5-7H,1-4H3,(H,16,17,18).